The van der Waals surface area contributed by atoms with Crippen molar-refractivity contribution < 1.29 is 26.7 Å². The Balaban J connectivity index is 1.51. The van der Waals surface area contributed by atoms with Crippen LogP contribution in [-0.2, 0) is 30.9 Å². The molecular formula is C27H28F5N7O. The molecule has 0 atom stereocenters. The van der Waals surface area contributed by atoms with E-state index < -0.39 is 18.4 Å². The molecule has 1 fully saturated rings. The summed E-state index contributed by atoms with van der Waals surface area (Å²) in [5, 5.41) is 4.33. The number of fused-ring (bicyclic) bond motifs is 1. The van der Waals surface area contributed by atoms with Crippen molar-refractivity contribution in [3.63, 3.8) is 0 Å². The van der Waals surface area contributed by atoms with Crippen molar-refractivity contribution in [3.05, 3.63) is 59.0 Å². The predicted molar refractivity (Wildman–Crippen MR) is 141 cm³/mol. The van der Waals surface area contributed by atoms with E-state index in [-0.39, 0.29) is 24.2 Å². The second kappa shape index (κ2) is 10.5. The molecule has 8 nitrogen and oxygen atoms in total. The number of alkyl halides is 5. The zero-order valence-electron chi connectivity index (χ0n) is 22.2. The van der Waals surface area contributed by atoms with Gasteiger partial charge in [-0.15, -0.1) is 0 Å². The molecule has 1 aliphatic carbocycles. The van der Waals surface area contributed by atoms with Crippen molar-refractivity contribution in [2.75, 3.05) is 25.6 Å². The quantitative estimate of drug-likeness (QED) is 0.199. The maximum Gasteiger partial charge on any atom is 0.434 e. The molecule has 13 heteroatoms. The van der Waals surface area contributed by atoms with Gasteiger partial charge in [0.15, 0.2) is 5.69 Å². The molecule has 0 unspecified atom stereocenters. The molecule has 0 bridgehead atoms. The number of aromatic nitrogens is 4. The van der Waals surface area contributed by atoms with Gasteiger partial charge < -0.3 is 14.2 Å². The van der Waals surface area contributed by atoms with Crippen molar-refractivity contribution in [2.45, 2.75) is 38.5 Å². The van der Waals surface area contributed by atoms with E-state index >= 15 is 0 Å². The number of hydrogen-bond donors (Lipinski definition) is 0. The Hall–Kier alpha value is -4.03. The highest BCUT2D eigenvalue weighted by atomic mass is 19.4. The molecule has 3 aromatic rings. The van der Waals surface area contributed by atoms with Gasteiger partial charge in [0.25, 0.3) is 0 Å². The van der Waals surface area contributed by atoms with E-state index in [1.165, 1.54) is 18.7 Å². The summed E-state index contributed by atoms with van der Waals surface area (Å²) >= 11 is 0. The molecule has 2 aliphatic rings. The lowest BCUT2D eigenvalue weighted by Gasteiger charge is -2.30. The summed E-state index contributed by atoms with van der Waals surface area (Å²) in [5.74, 6) is 0.519. The van der Waals surface area contributed by atoms with Gasteiger partial charge in [-0.1, -0.05) is 0 Å². The summed E-state index contributed by atoms with van der Waals surface area (Å²) in [6.45, 7) is 1.48. The second-order valence-corrected chi connectivity index (χ2v) is 9.70. The number of ether oxygens (including phenoxy) is 1. The fourth-order valence-corrected chi connectivity index (χ4v) is 5.15. The van der Waals surface area contributed by atoms with Gasteiger partial charge in [0.1, 0.15) is 11.5 Å². The first-order chi connectivity index (χ1) is 19.1. The third-order valence-corrected chi connectivity index (χ3v) is 7.18. The van der Waals surface area contributed by atoms with Crippen LogP contribution < -0.4 is 4.90 Å². The number of benzene rings is 1. The Kier molecular flexibility index (Phi) is 7.23. The van der Waals surface area contributed by atoms with Crippen LogP contribution in [0.1, 0.15) is 42.0 Å². The molecule has 5 rings (SSSR count). The molecular weight excluding hydrogens is 533 g/mol. The zero-order chi connectivity index (χ0) is 28.8. The normalized spacial score (nSPS) is 16.7. The number of allylic oxidation sites excluding steroid dienone is 1. The lowest BCUT2D eigenvalue weighted by Crippen LogP contribution is -2.31. The Labute approximate surface area is 227 Å². The SMILES string of the molecule is C=N/C(OC)=C(\C(=N/C)C1CC1)c1nn(C(F)F)c2c1CN(c1ccc(-c3nc(C(F)(F)F)cn3C)cc1)CC2. The highest BCUT2D eigenvalue weighted by Gasteiger charge is 2.38. The minimum absolute atomic E-state index is 0.162. The smallest absolute Gasteiger partial charge is 0.434 e. The molecule has 0 saturated heterocycles. The fourth-order valence-electron chi connectivity index (χ4n) is 5.15. The van der Waals surface area contributed by atoms with E-state index in [1.54, 1.807) is 31.3 Å². The summed E-state index contributed by atoms with van der Waals surface area (Å²) in [6, 6.07) is 6.96. The van der Waals surface area contributed by atoms with Crippen molar-refractivity contribution in [1.29, 1.82) is 0 Å². The number of aliphatic imine (C=N–C) groups is 2. The van der Waals surface area contributed by atoms with Gasteiger partial charge in [0, 0.05) is 62.5 Å². The van der Waals surface area contributed by atoms with Gasteiger partial charge in [-0.25, -0.2) is 14.7 Å². The maximum atomic E-state index is 14.1. The Bertz CT molecular complexity index is 1480. The number of aryl methyl sites for hydroxylation is 1. The van der Waals surface area contributed by atoms with Gasteiger partial charge in [0.2, 0.25) is 5.88 Å². The molecule has 0 spiro atoms. The molecule has 2 aromatic heterocycles. The fraction of sp³-hybridized carbons (Fsp3) is 0.407. The van der Waals surface area contributed by atoms with Crippen molar-refractivity contribution in [3.8, 4) is 11.4 Å². The van der Waals surface area contributed by atoms with Gasteiger partial charge in [0.05, 0.1) is 24.1 Å². The highest BCUT2D eigenvalue weighted by molar-refractivity contribution is 6.26. The molecule has 0 amide bonds. The van der Waals surface area contributed by atoms with Crippen LogP contribution >= 0.6 is 0 Å². The minimum Gasteiger partial charge on any atom is -0.480 e. The van der Waals surface area contributed by atoms with Crippen LogP contribution in [0.4, 0.5) is 27.6 Å². The van der Waals surface area contributed by atoms with Gasteiger partial charge in [-0.2, -0.15) is 27.1 Å². The van der Waals surface area contributed by atoms with Crippen molar-refractivity contribution >= 4 is 23.7 Å². The lowest BCUT2D eigenvalue weighted by molar-refractivity contribution is -0.140. The Morgan fingerprint density at radius 3 is 2.40 bits per heavy atom. The second-order valence-electron chi connectivity index (χ2n) is 9.70. The summed E-state index contributed by atoms with van der Waals surface area (Å²) in [6.07, 6.45) is -1.45. The van der Waals surface area contributed by atoms with E-state index in [0.29, 0.717) is 46.8 Å². The van der Waals surface area contributed by atoms with Crippen LogP contribution in [0, 0.1) is 5.92 Å². The standard InChI is InChI=1S/C27H28F5N7O/c1-33-22(15-5-6-15)21(25(34-2)40-4)23-18-13-38(12-11-19(18)39(36-23)26(28)29)17-9-7-16(8-10-17)24-35-20(14-37(24)3)27(30,31)32/h7-10,14-15,26H,2,5-6,11-13H2,1,3-4H3/b25-21-,33-22-. The molecule has 40 heavy (non-hydrogen) atoms. The predicted octanol–water partition coefficient (Wildman–Crippen LogP) is 5.76. The molecule has 1 aromatic carbocycles. The van der Waals surface area contributed by atoms with Crippen molar-refractivity contribution in [1.82, 2.24) is 19.3 Å². The third-order valence-electron chi connectivity index (χ3n) is 7.18. The molecule has 1 aliphatic heterocycles. The van der Waals surface area contributed by atoms with Crippen LogP contribution in [0.3, 0.4) is 0 Å². The molecule has 1 saturated carbocycles. The first-order valence-electron chi connectivity index (χ1n) is 12.6. The molecule has 0 radical (unpaired) electrons. The van der Waals surface area contributed by atoms with E-state index in [1.807, 2.05) is 4.90 Å². The first kappa shape index (κ1) is 27.5. The third kappa shape index (κ3) is 5.00. The number of imidazole rings is 1. The molecule has 3 heterocycles. The van der Waals surface area contributed by atoms with E-state index in [4.69, 9.17) is 4.74 Å². The van der Waals surface area contributed by atoms with Crippen LogP contribution in [0.15, 0.2) is 46.3 Å². The zero-order valence-corrected chi connectivity index (χ0v) is 22.2. The van der Waals surface area contributed by atoms with E-state index in [0.717, 1.165) is 29.4 Å². The minimum atomic E-state index is -4.54. The van der Waals surface area contributed by atoms with Crippen molar-refractivity contribution in [2.24, 2.45) is 23.0 Å². The molecule has 212 valence electrons. The monoisotopic (exact) mass is 561 g/mol. The van der Waals surface area contributed by atoms with Gasteiger partial charge >= 0.3 is 12.7 Å². The number of halogens is 5. The van der Waals surface area contributed by atoms with Crippen LogP contribution in [0.2, 0.25) is 0 Å². The number of methoxy groups -OCH3 is 1. The number of hydrogen-bond acceptors (Lipinski definition) is 6. The van der Waals surface area contributed by atoms with E-state index in [2.05, 4.69) is 26.8 Å². The highest BCUT2D eigenvalue weighted by Crippen LogP contribution is 2.41. The van der Waals surface area contributed by atoms with E-state index in [9.17, 15) is 22.0 Å². The lowest BCUT2D eigenvalue weighted by atomic mass is 9.96. The van der Waals surface area contributed by atoms with Crippen LogP contribution in [-0.4, -0.2) is 52.5 Å². The summed E-state index contributed by atoms with van der Waals surface area (Å²) in [4.78, 5) is 14.2. The van der Waals surface area contributed by atoms with Crippen LogP contribution in [0.25, 0.3) is 17.0 Å². The Morgan fingerprint density at radius 1 is 1.18 bits per heavy atom. The number of rotatable bonds is 8. The number of anilines is 1. The van der Waals surface area contributed by atoms with Gasteiger partial charge in [-0.3, -0.25) is 4.99 Å². The first-order valence-corrected chi connectivity index (χ1v) is 12.6. The average Bonchev–Trinajstić information content (AvgIpc) is 3.57. The van der Waals surface area contributed by atoms with Gasteiger partial charge in [-0.05, 0) is 43.8 Å². The average molecular weight is 562 g/mol. The van der Waals surface area contributed by atoms with Crippen LogP contribution in [0.5, 0.6) is 0 Å². The summed E-state index contributed by atoms with van der Waals surface area (Å²) in [5.41, 5.74) is 2.87. The molecule has 0 N–H and O–H groups in total. The topological polar surface area (TPSA) is 72.8 Å². The maximum absolute atomic E-state index is 14.1. The Morgan fingerprint density at radius 2 is 1.88 bits per heavy atom. The summed E-state index contributed by atoms with van der Waals surface area (Å²) in [7, 11) is 4.59. The number of nitrogens with zero attached hydrogens (tertiary/aromatic N) is 7. The summed E-state index contributed by atoms with van der Waals surface area (Å²) < 4.78 is 75.1. The largest absolute Gasteiger partial charge is 0.480 e.